The maximum Gasteiger partial charge on any atom is 0.340 e. The van der Waals surface area contributed by atoms with Crippen LogP contribution in [0.4, 0.5) is 5.69 Å². The molecule has 26 heavy (non-hydrogen) atoms. The van der Waals surface area contributed by atoms with E-state index in [1.807, 2.05) is 27.7 Å². The summed E-state index contributed by atoms with van der Waals surface area (Å²) in [5.74, 6) is -1.00. The van der Waals surface area contributed by atoms with Crippen molar-refractivity contribution in [1.29, 1.82) is 0 Å². The molecule has 7 heteroatoms. The zero-order valence-corrected chi connectivity index (χ0v) is 16.9. The quantitative estimate of drug-likeness (QED) is 0.708. The molecule has 1 N–H and O–H groups in total. The Bertz CT molecular complexity index is 844. The number of nitrogens with one attached hydrogen (secondary N) is 1. The molecule has 1 unspecified atom stereocenters. The van der Waals surface area contributed by atoms with Crippen LogP contribution in [0, 0.1) is 13.8 Å². The molecular formula is C19H22Cl2N2O3. The molecule has 0 fully saturated rings. The summed E-state index contributed by atoms with van der Waals surface area (Å²) < 4.78 is 7.38. The Hall–Kier alpha value is -1.98. The molecule has 1 heterocycles. The van der Waals surface area contributed by atoms with Crippen molar-refractivity contribution in [1.82, 2.24) is 4.57 Å². The average Bonchev–Trinajstić information content (AvgIpc) is 2.84. The second-order valence-electron chi connectivity index (χ2n) is 6.41. The largest absolute Gasteiger partial charge is 0.449 e. The third kappa shape index (κ3) is 4.40. The minimum Gasteiger partial charge on any atom is -0.449 e. The van der Waals surface area contributed by atoms with Gasteiger partial charge in [-0.3, -0.25) is 4.79 Å². The highest BCUT2D eigenvalue weighted by Gasteiger charge is 2.23. The number of hydrogen-bond donors (Lipinski definition) is 1. The van der Waals surface area contributed by atoms with Crippen molar-refractivity contribution in [3.05, 3.63) is 51.3 Å². The van der Waals surface area contributed by atoms with Gasteiger partial charge >= 0.3 is 5.97 Å². The van der Waals surface area contributed by atoms with E-state index in [0.717, 1.165) is 11.4 Å². The first kappa shape index (κ1) is 20.3. The Balaban J connectivity index is 2.09. The van der Waals surface area contributed by atoms with Gasteiger partial charge < -0.3 is 14.6 Å². The highest BCUT2D eigenvalue weighted by atomic mass is 35.5. The van der Waals surface area contributed by atoms with Gasteiger partial charge in [-0.05, 0) is 58.9 Å². The third-order valence-corrected chi connectivity index (χ3v) is 4.61. The number of rotatable bonds is 5. The number of aromatic nitrogens is 1. The maximum atomic E-state index is 12.5. The Morgan fingerprint density at radius 2 is 1.77 bits per heavy atom. The molecule has 140 valence electrons. The van der Waals surface area contributed by atoms with Gasteiger partial charge in [0, 0.05) is 22.5 Å². The van der Waals surface area contributed by atoms with Crippen molar-refractivity contribution in [2.45, 2.75) is 46.8 Å². The van der Waals surface area contributed by atoms with Crippen LogP contribution in [0.2, 0.25) is 10.0 Å². The number of nitrogens with zero attached hydrogens (tertiary/aromatic N) is 1. The zero-order valence-electron chi connectivity index (χ0n) is 15.4. The minimum absolute atomic E-state index is 0.226. The predicted octanol–water partition coefficient (Wildman–Crippen LogP) is 5.18. The van der Waals surface area contributed by atoms with Gasteiger partial charge in [-0.15, -0.1) is 0 Å². The molecule has 0 aliphatic rings. The molecule has 0 aliphatic carbocycles. The number of carbonyl (C=O) groups excluding carboxylic acids is 2. The molecule has 0 saturated heterocycles. The van der Waals surface area contributed by atoms with Gasteiger partial charge in [0.15, 0.2) is 6.10 Å². The standard InChI is InChI=1S/C19H22Cl2N2O3/c1-10(2)23-11(3)8-15(12(23)4)19(25)26-13(5)18(24)22-17-7-6-14(20)9-16(17)21/h6-10,13H,1-5H3,(H,22,24). The van der Waals surface area contributed by atoms with Crippen molar-refractivity contribution in [3.63, 3.8) is 0 Å². The van der Waals surface area contributed by atoms with E-state index in [0.29, 0.717) is 21.3 Å². The molecule has 0 saturated carbocycles. The van der Waals surface area contributed by atoms with Crippen LogP contribution >= 0.6 is 23.2 Å². The summed E-state index contributed by atoms with van der Waals surface area (Å²) in [5, 5.41) is 3.41. The summed E-state index contributed by atoms with van der Waals surface area (Å²) in [4.78, 5) is 24.8. The highest BCUT2D eigenvalue weighted by molar-refractivity contribution is 6.36. The molecule has 2 rings (SSSR count). The molecule has 1 aromatic carbocycles. The van der Waals surface area contributed by atoms with E-state index in [2.05, 4.69) is 9.88 Å². The van der Waals surface area contributed by atoms with Crippen molar-refractivity contribution in [3.8, 4) is 0 Å². The van der Waals surface area contributed by atoms with Crippen LogP contribution in [0.5, 0.6) is 0 Å². The van der Waals surface area contributed by atoms with Crippen LogP contribution in [0.15, 0.2) is 24.3 Å². The zero-order chi connectivity index (χ0) is 19.6. The number of esters is 1. The van der Waals surface area contributed by atoms with Crippen LogP contribution in [-0.2, 0) is 9.53 Å². The van der Waals surface area contributed by atoms with E-state index in [1.54, 1.807) is 18.2 Å². The molecule has 0 radical (unpaired) electrons. The molecule has 1 amide bonds. The van der Waals surface area contributed by atoms with Gasteiger partial charge in [0.25, 0.3) is 5.91 Å². The number of ether oxygens (including phenoxy) is 1. The topological polar surface area (TPSA) is 60.3 Å². The molecule has 1 atom stereocenters. The van der Waals surface area contributed by atoms with Crippen LogP contribution in [-0.4, -0.2) is 22.5 Å². The second-order valence-corrected chi connectivity index (χ2v) is 7.25. The fourth-order valence-corrected chi connectivity index (χ4v) is 3.34. The van der Waals surface area contributed by atoms with Crippen molar-refractivity contribution < 1.29 is 14.3 Å². The smallest absolute Gasteiger partial charge is 0.340 e. The lowest BCUT2D eigenvalue weighted by atomic mass is 10.2. The predicted molar refractivity (Wildman–Crippen MR) is 104 cm³/mol. The lowest BCUT2D eigenvalue weighted by Crippen LogP contribution is -2.30. The van der Waals surface area contributed by atoms with Gasteiger partial charge in [0.1, 0.15) is 0 Å². The van der Waals surface area contributed by atoms with Crippen molar-refractivity contribution in [2.24, 2.45) is 0 Å². The minimum atomic E-state index is -0.976. The van der Waals surface area contributed by atoms with Gasteiger partial charge in [0.2, 0.25) is 0 Å². The highest BCUT2D eigenvalue weighted by Crippen LogP contribution is 2.26. The average molecular weight is 397 g/mol. The molecular weight excluding hydrogens is 375 g/mol. The van der Waals surface area contributed by atoms with E-state index in [9.17, 15) is 9.59 Å². The van der Waals surface area contributed by atoms with Gasteiger partial charge in [-0.1, -0.05) is 23.2 Å². The SMILES string of the molecule is Cc1cc(C(=O)OC(C)C(=O)Nc2ccc(Cl)cc2Cl)c(C)n1C(C)C. The molecule has 5 nitrogen and oxygen atoms in total. The summed E-state index contributed by atoms with van der Waals surface area (Å²) in [6, 6.07) is 6.73. The summed E-state index contributed by atoms with van der Waals surface area (Å²) in [7, 11) is 0. The van der Waals surface area contributed by atoms with Crippen LogP contribution < -0.4 is 5.32 Å². The van der Waals surface area contributed by atoms with E-state index in [-0.39, 0.29) is 6.04 Å². The number of carbonyl (C=O) groups is 2. The summed E-state index contributed by atoms with van der Waals surface area (Å²) in [6.45, 7) is 9.39. The normalized spacial score (nSPS) is 12.2. The van der Waals surface area contributed by atoms with Crippen LogP contribution in [0.25, 0.3) is 0 Å². The van der Waals surface area contributed by atoms with E-state index >= 15 is 0 Å². The maximum absolute atomic E-state index is 12.5. The van der Waals surface area contributed by atoms with E-state index in [1.165, 1.54) is 13.0 Å². The monoisotopic (exact) mass is 396 g/mol. The lowest BCUT2D eigenvalue weighted by Gasteiger charge is -2.15. The van der Waals surface area contributed by atoms with Crippen molar-refractivity contribution >= 4 is 40.8 Å². The molecule has 0 bridgehead atoms. The number of benzene rings is 1. The molecule has 2 aromatic rings. The first-order valence-corrected chi connectivity index (χ1v) is 9.02. The van der Waals surface area contributed by atoms with Crippen LogP contribution in [0.3, 0.4) is 0 Å². The van der Waals surface area contributed by atoms with E-state index in [4.69, 9.17) is 27.9 Å². The summed E-state index contributed by atoms with van der Waals surface area (Å²) in [5.41, 5.74) is 2.65. The number of amides is 1. The first-order chi connectivity index (χ1) is 12.1. The van der Waals surface area contributed by atoms with Crippen LogP contribution in [0.1, 0.15) is 48.6 Å². The number of anilines is 1. The Kier molecular flexibility index (Phi) is 6.37. The fraction of sp³-hybridized carbons (Fsp3) is 0.368. The van der Waals surface area contributed by atoms with E-state index < -0.39 is 18.0 Å². The first-order valence-electron chi connectivity index (χ1n) is 8.27. The summed E-state index contributed by atoms with van der Waals surface area (Å²) >= 11 is 11.9. The number of aryl methyl sites for hydroxylation is 1. The Morgan fingerprint density at radius 3 is 2.31 bits per heavy atom. The Labute approximate surface area is 163 Å². The lowest BCUT2D eigenvalue weighted by molar-refractivity contribution is -0.123. The second kappa shape index (κ2) is 8.14. The van der Waals surface area contributed by atoms with Gasteiger partial charge in [-0.25, -0.2) is 4.79 Å². The fourth-order valence-electron chi connectivity index (χ4n) is 2.88. The molecule has 0 spiro atoms. The molecule has 1 aromatic heterocycles. The number of hydrogen-bond acceptors (Lipinski definition) is 3. The van der Waals surface area contributed by atoms with Gasteiger partial charge in [0.05, 0.1) is 16.3 Å². The molecule has 0 aliphatic heterocycles. The van der Waals surface area contributed by atoms with Crippen molar-refractivity contribution in [2.75, 3.05) is 5.32 Å². The third-order valence-electron chi connectivity index (χ3n) is 4.06. The van der Waals surface area contributed by atoms with Gasteiger partial charge in [-0.2, -0.15) is 0 Å². The number of halogens is 2. The Morgan fingerprint density at radius 1 is 1.12 bits per heavy atom. The summed E-state index contributed by atoms with van der Waals surface area (Å²) in [6.07, 6.45) is -0.976.